The third-order valence-electron chi connectivity index (χ3n) is 3.57. The molecule has 2 aromatic carbocycles. The average molecular weight is 332 g/mol. The largest absolute Gasteiger partial charge is 0.573 e. The van der Waals surface area contributed by atoms with Gasteiger partial charge in [0, 0.05) is 22.7 Å². The van der Waals surface area contributed by atoms with E-state index < -0.39 is 6.36 Å². The van der Waals surface area contributed by atoms with Crippen molar-refractivity contribution >= 4 is 10.9 Å². The molecular formula is C17H11F3N2O2. The number of phenols is 1. The lowest BCUT2D eigenvalue weighted by atomic mass is 10.00. The summed E-state index contributed by atoms with van der Waals surface area (Å²) in [6.45, 7) is 0. The van der Waals surface area contributed by atoms with Crippen LogP contribution in [0.25, 0.3) is 22.0 Å². The Labute approximate surface area is 134 Å². The zero-order chi connectivity index (χ0) is 17.3. The van der Waals surface area contributed by atoms with Crippen molar-refractivity contribution in [3.05, 3.63) is 48.2 Å². The van der Waals surface area contributed by atoms with E-state index in [2.05, 4.69) is 9.72 Å². The Bertz CT molecular complexity index is 922. The molecule has 0 aliphatic heterocycles. The molecule has 0 atom stereocenters. The standard InChI is InChI=1S/C17H11F3N2O2/c18-17(19,20)24-12-3-1-10(2-4-12)13-5-6-14-15(16(13)23)11(7-8-21)9-22-14/h1-6,9,22-23H,7H2. The normalized spacial score (nSPS) is 11.4. The molecule has 1 aromatic heterocycles. The smallest absolute Gasteiger partial charge is 0.507 e. The van der Waals surface area contributed by atoms with Gasteiger partial charge >= 0.3 is 6.36 Å². The molecule has 0 aliphatic rings. The Balaban J connectivity index is 2.02. The summed E-state index contributed by atoms with van der Waals surface area (Å²) in [4.78, 5) is 2.97. The first-order chi connectivity index (χ1) is 11.4. The number of phenolic OH excluding ortho intramolecular Hbond substituents is 1. The van der Waals surface area contributed by atoms with Gasteiger partial charge < -0.3 is 14.8 Å². The van der Waals surface area contributed by atoms with Gasteiger partial charge in [-0.25, -0.2) is 0 Å². The monoisotopic (exact) mass is 332 g/mol. The van der Waals surface area contributed by atoms with Crippen LogP contribution in [0.5, 0.6) is 11.5 Å². The van der Waals surface area contributed by atoms with Gasteiger partial charge in [0.1, 0.15) is 11.5 Å². The number of nitrogens with zero attached hydrogens (tertiary/aromatic N) is 1. The molecule has 122 valence electrons. The van der Waals surface area contributed by atoms with Gasteiger partial charge in [-0.05, 0) is 35.4 Å². The molecule has 1 heterocycles. The molecule has 3 aromatic rings. The van der Waals surface area contributed by atoms with E-state index in [1.54, 1.807) is 18.3 Å². The predicted octanol–water partition coefficient (Wildman–Crippen LogP) is 4.51. The van der Waals surface area contributed by atoms with Crippen molar-refractivity contribution in [2.24, 2.45) is 0 Å². The molecule has 0 spiro atoms. The van der Waals surface area contributed by atoms with Gasteiger partial charge in [0.05, 0.1) is 12.5 Å². The van der Waals surface area contributed by atoms with Crippen LogP contribution in [0.15, 0.2) is 42.6 Å². The molecule has 0 saturated heterocycles. The number of H-pyrrole nitrogens is 1. The lowest BCUT2D eigenvalue weighted by Gasteiger charge is -2.10. The maximum absolute atomic E-state index is 12.2. The molecular weight excluding hydrogens is 321 g/mol. The number of hydrogen-bond donors (Lipinski definition) is 2. The van der Waals surface area contributed by atoms with Crippen LogP contribution in [-0.4, -0.2) is 16.5 Å². The van der Waals surface area contributed by atoms with Gasteiger partial charge in [-0.15, -0.1) is 13.2 Å². The Morgan fingerprint density at radius 3 is 2.46 bits per heavy atom. The number of aromatic amines is 1. The van der Waals surface area contributed by atoms with Crippen LogP contribution in [0.2, 0.25) is 0 Å². The molecule has 3 rings (SSSR count). The molecule has 2 N–H and O–H groups in total. The van der Waals surface area contributed by atoms with Gasteiger partial charge in [0.25, 0.3) is 0 Å². The summed E-state index contributed by atoms with van der Waals surface area (Å²) in [6, 6.07) is 10.6. The van der Waals surface area contributed by atoms with E-state index in [-0.39, 0.29) is 17.9 Å². The first kappa shape index (κ1) is 15.7. The fourth-order valence-electron chi connectivity index (χ4n) is 2.57. The van der Waals surface area contributed by atoms with Crippen LogP contribution in [0.3, 0.4) is 0 Å². The topological polar surface area (TPSA) is 69.0 Å². The number of ether oxygens (including phenoxy) is 1. The number of hydrogen-bond acceptors (Lipinski definition) is 3. The van der Waals surface area contributed by atoms with Gasteiger partial charge in [0.2, 0.25) is 0 Å². The van der Waals surface area contributed by atoms with Crippen LogP contribution in [0.4, 0.5) is 13.2 Å². The third kappa shape index (κ3) is 2.99. The summed E-state index contributed by atoms with van der Waals surface area (Å²) in [5, 5.41) is 19.9. The summed E-state index contributed by atoms with van der Waals surface area (Å²) in [5.74, 6) is -0.359. The number of halogens is 3. The van der Waals surface area contributed by atoms with Crippen LogP contribution in [0.1, 0.15) is 5.56 Å². The second kappa shape index (κ2) is 5.81. The Morgan fingerprint density at radius 2 is 1.83 bits per heavy atom. The minimum absolute atomic E-state index is 0.0245. The first-order valence-electron chi connectivity index (χ1n) is 6.94. The summed E-state index contributed by atoms with van der Waals surface area (Å²) in [6.07, 6.45) is -2.97. The Kier molecular flexibility index (Phi) is 3.81. The Hall–Kier alpha value is -3.14. The van der Waals surface area contributed by atoms with Crippen LogP contribution in [0, 0.1) is 11.3 Å². The average Bonchev–Trinajstić information content (AvgIpc) is 2.92. The fraction of sp³-hybridized carbons (Fsp3) is 0.118. The van der Waals surface area contributed by atoms with Crippen LogP contribution >= 0.6 is 0 Å². The predicted molar refractivity (Wildman–Crippen MR) is 81.4 cm³/mol. The first-order valence-corrected chi connectivity index (χ1v) is 6.94. The quantitative estimate of drug-likeness (QED) is 0.742. The van der Waals surface area contributed by atoms with E-state index in [4.69, 9.17) is 5.26 Å². The highest BCUT2D eigenvalue weighted by Gasteiger charge is 2.31. The number of nitriles is 1. The number of nitrogens with one attached hydrogen (secondary N) is 1. The molecule has 0 bridgehead atoms. The lowest BCUT2D eigenvalue weighted by molar-refractivity contribution is -0.274. The molecule has 0 saturated carbocycles. The lowest BCUT2D eigenvalue weighted by Crippen LogP contribution is -2.16. The number of aromatic nitrogens is 1. The molecule has 7 heteroatoms. The van der Waals surface area contributed by atoms with E-state index >= 15 is 0 Å². The molecule has 24 heavy (non-hydrogen) atoms. The highest BCUT2D eigenvalue weighted by molar-refractivity contribution is 5.95. The summed E-state index contributed by atoms with van der Waals surface area (Å²) in [5.41, 5.74) is 2.33. The minimum atomic E-state index is -4.75. The number of alkyl halides is 3. The van der Waals surface area contributed by atoms with E-state index in [1.807, 2.05) is 6.07 Å². The van der Waals surface area contributed by atoms with E-state index in [0.29, 0.717) is 27.6 Å². The second-order valence-corrected chi connectivity index (χ2v) is 5.11. The molecule has 0 unspecified atom stereocenters. The van der Waals surface area contributed by atoms with Gasteiger partial charge in [-0.1, -0.05) is 12.1 Å². The number of benzene rings is 2. The van der Waals surface area contributed by atoms with Crippen molar-refractivity contribution < 1.29 is 23.0 Å². The Morgan fingerprint density at radius 1 is 1.12 bits per heavy atom. The second-order valence-electron chi connectivity index (χ2n) is 5.11. The fourth-order valence-corrected chi connectivity index (χ4v) is 2.57. The zero-order valence-electron chi connectivity index (χ0n) is 12.2. The third-order valence-corrected chi connectivity index (χ3v) is 3.57. The molecule has 4 nitrogen and oxygen atoms in total. The van der Waals surface area contributed by atoms with Gasteiger partial charge in [0.15, 0.2) is 0 Å². The summed E-state index contributed by atoms with van der Waals surface area (Å²) >= 11 is 0. The molecule has 0 aliphatic carbocycles. The summed E-state index contributed by atoms with van der Waals surface area (Å²) < 4.78 is 40.4. The number of rotatable bonds is 3. The van der Waals surface area contributed by atoms with Crippen molar-refractivity contribution in [2.75, 3.05) is 0 Å². The van der Waals surface area contributed by atoms with Gasteiger partial charge in [-0.2, -0.15) is 5.26 Å². The molecule has 0 amide bonds. The number of aromatic hydroxyl groups is 1. The maximum atomic E-state index is 12.2. The van der Waals surface area contributed by atoms with Crippen molar-refractivity contribution in [2.45, 2.75) is 12.8 Å². The van der Waals surface area contributed by atoms with Crippen molar-refractivity contribution in [3.8, 4) is 28.7 Å². The maximum Gasteiger partial charge on any atom is 0.573 e. The van der Waals surface area contributed by atoms with Crippen molar-refractivity contribution in [3.63, 3.8) is 0 Å². The zero-order valence-corrected chi connectivity index (χ0v) is 12.2. The van der Waals surface area contributed by atoms with Crippen molar-refractivity contribution in [1.82, 2.24) is 4.98 Å². The minimum Gasteiger partial charge on any atom is -0.507 e. The number of fused-ring (bicyclic) bond motifs is 1. The highest BCUT2D eigenvalue weighted by atomic mass is 19.4. The van der Waals surface area contributed by atoms with E-state index in [1.165, 1.54) is 24.3 Å². The highest BCUT2D eigenvalue weighted by Crippen LogP contribution is 2.38. The van der Waals surface area contributed by atoms with E-state index in [9.17, 15) is 18.3 Å². The molecule has 0 radical (unpaired) electrons. The van der Waals surface area contributed by atoms with E-state index in [0.717, 1.165) is 0 Å². The van der Waals surface area contributed by atoms with Crippen molar-refractivity contribution in [1.29, 1.82) is 5.26 Å². The summed E-state index contributed by atoms with van der Waals surface area (Å²) in [7, 11) is 0. The van der Waals surface area contributed by atoms with Crippen LogP contribution < -0.4 is 4.74 Å². The van der Waals surface area contributed by atoms with Crippen LogP contribution in [-0.2, 0) is 6.42 Å². The van der Waals surface area contributed by atoms with Gasteiger partial charge in [-0.3, -0.25) is 0 Å². The molecule has 0 fully saturated rings. The SMILES string of the molecule is N#CCc1c[nH]c2ccc(-c3ccc(OC(F)(F)F)cc3)c(O)c12.